The fourth-order valence-electron chi connectivity index (χ4n) is 2.99. The van der Waals surface area contributed by atoms with Crippen molar-refractivity contribution in [3.8, 4) is 0 Å². The van der Waals surface area contributed by atoms with Crippen LogP contribution in [-0.4, -0.2) is 16.5 Å². The van der Waals surface area contributed by atoms with Gasteiger partial charge in [0.1, 0.15) is 5.78 Å². The highest BCUT2D eigenvalue weighted by Gasteiger charge is 2.49. The molecule has 0 aromatic heterocycles. The van der Waals surface area contributed by atoms with Crippen LogP contribution >= 0.6 is 0 Å². The van der Waals surface area contributed by atoms with E-state index >= 15 is 0 Å². The predicted octanol–water partition coefficient (Wildman–Crippen LogP) is 2.40. The number of carbonyl (C=O) groups excluding carboxylic acids is 1. The molecule has 82 valence electrons. The molecule has 0 aromatic carbocycles. The smallest absolute Gasteiger partial charge is 0.133 e. The summed E-state index contributed by atoms with van der Waals surface area (Å²) in [6.07, 6.45) is 1.99. The Morgan fingerprint density at radius 1 is 1.43 bits per heavy atom. The molecule has 0 amide bonds. The van der Waals surface area contributed by atoms with Crippen molar-refractivity contribution < 1.29 is 9.90 Å². The fourth-order valence-corrected chi connectivity index (χ4v) is 2.99. The van der Waals surface area contributed by atoms with E-state index in [0.717, 1.165) is 12.8 Å². The normalized spacial score (nSPS) is 31.9. The molecular weight excluding hydrogens is 176 g/mol. The van der Waals surface area contributed by atoms with Crippen LogP contribution in [-0.2, 0) is 4.79 Å². The van der Waals surface area contributed by atoms with E-state index in [9.17, 15) is 9.90 Å². The summed E-state index contributed by atoms with van der Waals surface area (Å²) >= 11 is 0. The maximum Gasteiger partial charge on any atom is 0.133 e. The molecule has 1 rings (SSSR count). The first-order chi connectivity index (χ1) is 6.16. The van der Waals surface area contributed by atoms with Crippen LogP contribution in [0.4, 0.5) is 0 Å². The van der Waals surface area contributed by atoms with Crippen molar-refractivity contribution in [2.75, 3.05) is 0 Å². The summed E-state index contributed by atoms with van der Waals surface area (Å²) in [6, 6.07) is 0. The average molecular weight is 198 g/mol. The molecule has 0 bridgehead atoms. The quantitative estimate of drug-likeness (QED) is 0.739. The van der Waals surface area contributed by atoms with Gasteiger partial charge in [-0.3, -0.25) is 4.79 Å². The van der Waals surface area contributed by atoms with Crippen LogP contribution in [0.3, 0.4) is 0 Å². The number of hydrogen-bond acceptors (Lipinski definition) is 2. The maximum absolute atomic E-state index is 11.6. The maximum atomic E-state index is 11.6. The van der Waals surface area contributed by atoms with E-state index in [-0.39, 0.29) is 23.0 Å². The van der Waals surface area contributed by atoms with Crippen LogP contribution in [0.15, 0.2) is 0 Å². The topological polar surface area (TPSA) is 37.3 Å². The molecule has 2 unspecified atom stereocenters. The Labute approximate surface area is 86.7 Å². The second-order valence-corrected chi connectivity index (χ2v) is 5.88. The first-order valence-corrected chi connectivity index (χ1v) is 5.39. The highest BCUT2D eigenvalue weighted by Crippen LogP contribution is 2.50. The van der Waals surface area contributed by atoms with Gasteiger partial charge in [0.15, 0.2) is 0 Å². The average Bonchev–Trinajstić information content (AvgIpc) is 2.23. The SMILES string of the molecule is CC(=O)C1C(C(C)(C)O)CCC1(C)C. The van der Waals surface area contributed by atoms with E-state index in [1.54, 1.807) is 6.92 Å². The lowest BCUT2D eigenvalue weighted by molar-refractivity contribution is -0.128. The fraction of sp³-hybridized carbons (Fsp3) is 0.917. The number of carbonyl (C=O) groups is 1. The van der Waals surface area contributed by atoms with E-state index in [0.29, 0.717) is 0 Å². The highest BCUT2D eigenvalue weighted by molar-refractivity contribution is 5.80. The number of aliphatic hydroxyl groups is 1. The summed E-state index contributed by atoms with van der Waals surface area (Å²) in [5.74, 6) is 0.358. The Bertz CT molecular complexity index is 235. The molecule has 1 saturated carbocycles. The molecule has 0 saturated heterocycles. The summed E-state index contributed by atoms with van der Waals surface area (Å²) in [7, 11) is 0. The molecule has 1 aliphatic carbocycles. The molecule has 2 nitrogen and oxygen atoms in total. The van der Waals surface area contributed by atoms with Crippen LogP contribution in [0.25, 0.3) is 0 Å². The monoisotopic (exact) mass is 198 g/mol. The van der Waals surface area contributed by atoms with Crippen LogP contribution in [0, 0.1) is 17.3 Å². The molecule has 2 heteroatoms. The molecule has 1 N–H and O–H groups in total. The van der Waals surface area contributed by atoms with Crippen molar-refractivity contribution in [1.82, 2.24) is 0 Å². The second kappa shape index (κ2) is 3.34. The molecule has 1 aliphatic rings. The first-order valence-electron chi connectivity index (χ1n) is 5.39. The summed E-state index contributed by atoms with van der Waals surface area (Å²) < 4.78 is 0. The zero-order chi connectivity index (χ0) is 11.1. The largest absolute Gasteiger partial charge is 0.390 e. The number of ketones is 1. The summed E-state index contributed by atoms with van der Waals surface area (Å²) in [6.45, 7) is 9.54. The van der Waals surface area contributed by atoms with Gasteiger partial charge >= 0.3 is 0 Å². The van der Waals surface area contributed by atoms with Gasteiger partial charge in [0.2, 0.25) is 0 Å². The third-order valence-corrected chi connectivity index (χ3v) is 3.69. The lowest BCUT2D eigenvalue weighted by Crippen LogP contribution is -2.39. The zero-order valence-corrected chi connectivity index (χ0v) is 9.92. The van der Waals surface area contributed by atoms with E-state index in [2.05, 4.69) is 13.8 Å². The zero-order valence-electron chi connectivity index (χ0n) is 9.92. The van der Waals surface area contributed by atoms with Crippen molar-refractivity contribution in [2.45, 2.75) is 53.1 Å². The van der Waals surface area contributed by atoms with Gasteiger partial charge in [-0.2, -0.15) is 0 Å². The Kier molecular flexibility index (Phi) is 2.79. The summed E-state index contributed by atoms with van der Waals surface area (Å²) in [5.41, 5.74) is -0.680. The van der Waals surface area contributed by atoms with E-state index in [4.69, 9.17) is 0 Å². The van der Waals surface area contributed by atoms with Crippen molar-refractivity contribution >= 4 is 5.78 Å². The van der Waals surface area contributed by atoms with Crippen molar-refractivity contribution in [2.24, 2.45) is 17.3 Å². The molecule has 0 radical (unpaired) electrons. The van der Waals surface area contributed by atoms with Crippen LogP contribution in [0.1, 0.15) is 47.5 Å². The van der Waals surface area contributed by atoms with Gasteiger partial charge in [-0.1, -0.05) is 13.8 Å². The minimum atomic E-state index is -0.732. The standard InChI is InChI=1S/C12H22O2/c1-8(13)10-9(12(4,5)14)6-7-11(10,2)3/h9-10,14H,6-7H2,1-5H3. The summed E-state index contributed by atoms with van der Waals surface area (Å²) in [5, 5.41) is 10.0. The van der Waals surface area contributed by atoms with Gasteiger partial charge in [0, 0.05) is 5.92 Å². The Morgan fingerprint density at radius 2 is 1.93 bits per heavy atom. The minimum Gasteiger partial charge on any atom is -0.390 e. The van der Waals surface area contributed by atoms with Crippen molar-refractivity contribution in [3.05, 3.63) is 0 Å². The molecule has 2 atom stereocenters. The lowest BCUT2D eigenvalue weighted by atomic mass is 9.72. The Morgan fingerprint density at radius 3 is 2.21 bits per heavy atom. The first kappa shape index (κ1) is 11.7. The molecule has 0 heterocycles. The van der Waals surface area contributed by atoms with Gasteiger partial charge in [0.25, 0.3) is 0 Å². The highest BCUT2D eigenvalue weighted by atomic mass is 16.3. The molecule has 0 aromatic rings. The van der Waals surface area contributed by atoms with Crippen LogP contribution in [0.5, 0.6) is 0 Å². The van der Waals surface area contributed by atoms with E-state index < -0.39 is 5.60 Å². The van der Waals surface area contributed by atoms with Gasteiger partial charge < -0.3 is 5.11 Å². The number of hydrogen-bond donors (Lipinski definition) is 1. The van der Waals surface area contributed by atoms with Crippen LogP contribution < -0.4 is 0 Å². The van der Waals surface area contributed by atoms with Gasteiger partial charge in [-0.25, -0.2) is 0 Å². The molecular formula is C12H22O2. The summed E-state index contributed by atoms with van der Waals surface area (Å²) in [4.78, 5) is 11.6. The van der Waals surface area contributed by atoms with Gasteiger partial charge in [0.05, 0.1) is 5.60 Å². The molecule has 0 spiro atoms. The van der Waals surface area contributed by atoms with Gasteiger partial charge in [-0.15, -0.1) is 0 Å². The molecule has 14 heavy (non-hydrogen) atoms. The second-order valence-electron chi connectivity index (χ2n) is 5.88. The van der Waals surface area contributed by atoms with Crippen molar-refractivity contribution in [3.63, 3.8) is 0 Å². The van der Waals surface area contributed by atoms with Crippen molar-refractivity contribution in [1.29, 1.82) is 0 Å². The van der Waals surface area contributed by atoms with E-state index in [1.807, 2.05) is 13.8 Å². The Hall–Kier alpha value is -0.370. The third kappa shape index (κ3) is 2.00. The van der Waals surface area contributed by atoms with Gasteiger partial charge in [-0.05, 0) is 44.9 Å². The van der Waals surface area contributed by atoms with E-state index in [1.165, 1.54) is 0 Å². The Balaban J connectivity index is 2.96. The third-order valence-electron chi connectivity index (χ3n) is 3.69. The lowest BCUT2D eigenvalue weighted by Gasteiger charge is -2.34. The molecule has 0 aliphatic heterocycles. The predicted molar refractivity (Wildman–Crippen MR) is 57.0 cm³/mol. The molecule has 1 fully saturated rings. The number of rotatable bonds is 2. The number of Topliss-reactive ketones (excluding diaryl/α,β-unsaturated/α-hetero) is 1. The van der Waals surface area contributed by atoms with Crippen LogP contribution in [0.2, 0.25) is 0 Å². The minimum absolute atomic E-state index is 0.0162.